The van der Waals surface area contributed by atoms with E-state index in [1.807, 2.05) is 69.3 Å². The van der Waals surface area contributed by atoms with Crippen LogP contribution >= 0.6 is 27.5 Å². The molecule has 1 N–H and O–H groups in total. The molecule has 0 saturated carbocycles. The molecule has 3 aromatic rings. The molecule has 0 radical (unpaired) electrons. The van der Waals surface area contributed by atoms with Crippen LogP contribution in [0.1, 0.15) is 28.1 Å². The monoisotopic (exact) mass is 457 g/mol. The molecule has 6 heteroatoms. The molecule has 0 aliphatic carbocycles. The minimum atomic E-state index is -0.155. The molecule has 1 amide bonds. The number of hydrazone groups is 1. The number of carbonyl (C=O) groups is 1. The molecular formula is C22H21BrClN3O. The number of halogens is 2. The van der Waals surface area contributed by atoms with E-state index in [0.29, 0.717) is 0 Å². The second kappa shape index (κ2) is 8.76. The van der Waals surface area contributed by atoms with Crippen molar-refractivity contribution in [3.8, 4) is 5.69 Å². The number of aromatic nitrogens is 1. The SMILES string of the molecule is Cc1ccc(-n2c(C)cc(/C=N\NC(=O)Cc3ccc(Br)cc3)c2C)cc1Cl. The second-order valence-corrected chi connectivity index (χ2v) is 8.01. The van der Waals surface area contributed by atoms with Gasteiger partial charge in [-0.05, 0) is 62.2 Å². The molecule has 0 aliphatic heterocycles. The lowest BCUT2D eigenvalue weighted by molar-refractivity contribution is -0.120. The van der Waals surface area contributed by atoms with E-state index in [1.165, 1.54) is 0 Å². The van der Waals surface area contributed by atoms with Gasteiger partial charge in [0.05, 0.1) is 12.6 Å². The maximum Gasteiger partial charge on any atom is 0.244 e. The summed E-state index contributed by atoms with van der Waals surface area (Å²) in [4.78, 5) is 12.1. The van der Waals surface area contributed by atoms with E-state index >= 15 is 0 Å². The van der Waals surface area contributed by atoms with E-state index in [9.17, 15) is 4.79 Å². The molecule has 0 spiro atoms. The molecule has 3 rings (SSSR count). The van der Waals surface area contributed by atoms with Crippen molar-refractivity contribution >= 4 is 39.7 Å². The van der Waals surface area contributed by atoms with E-state index in [-0.39, 0.29) is 12.3 Å². The number of hydrogen-bond donors (Lipinski definition) is 1. The third-order valence-corrected chi connectivity index (χ3v) is 5.49. The predicted octanol–water partition coefficient (Wildman–Crippen LogP) is 5.51. The molecule has 0 aliphatic rings. The first-order valence-corrected chi connectivity index (χ1v) is 10.0. The van der Waals surface area contributed by atoms with Crippen molar-refractivity contribution in [3.63, 3.8) is 0 Å². The van der Waals surface area contributed by atoms with Gasteiger partial charge in [0.2, 0.25) is 5.91 Å². The number of benzene rings is 2. The third-order valence-electron chi connectivity index (χ3n) is 4.55. The second-order valence-electron chi connectivity index (χ2n) is 6.69. The van der Waals surface area contributed by atoms with Crippen LogP contribution in [-0.4, -0.2) is 16.7 Å². The van der Waals surface area contributed by atoms with Crippen molar-refractivity contribution < 1.29 is 4.79 Å². The molecule has 0 unspecified atom stereocenters. The van der Waals surface area contributed by atoms with Gasteiger partial charge in [-0.1, -0.05) is 45.7 Å². The molecule has 0 bridgehead atoms. The number of nitrogens with zero attached hydrogens (tertiary/aromatic N) is 2. The van der Waals surface area contributed by atoms with Crippen molar-refractivity contribution in [3.05, 3.63) is 86.1 Å². The number of rotatable bonds is 5. The average molecular weight is 459 g/mol. The van der Waals surface area contributed by atoms with E-state index < -0.39 is 0 Å². The van der Waals surface area contributed by atoms with Crippen molar-refractivity contribution in [2.75, 3.05) is 0 Å². The van der Waals surface area contributed by atoms with Gasteiger partial charge in [0, 0.05) is 32.1 Å². The van der Waals surface area contributed by atoms with Gasteiger partial charge in [0.15, 0.2) is 0 Å². The predicted molar refractivity (Wildman–Crippen MR) is 119 cm³/mol. The first kappa shape index (κ1) is 20.4. The largest absolute Gasteiger partial charge is 0.318 e. The highest BCUT2D eigenvalue weighted by molar-refractivity contribution is 9.10. The van der Waals surface area contributed by atoms with Gasteiger partial charge in [-0.15, -0.1) is 0 Å². The first-order valence-electron chi connectivity index (χ1n) is 8.87. The quantitative estimate of drug-likeness (QED) is 0.397. The summed E-state index contributed by atoms with van der Waals surface area (Å²) in [5, 5.41) is 4.86. The summed E-state index contributed by atoms with van der Waals surface area (Å²) < 4.78 is 3.11. The van der Waals surface area contributed by atoms with Crippen LogP contribution in [-0.2, 0) is 11.2 Å². The summed E-state index contributed by atoms with van der Waals surface area (Å²) in [5.41, 5.74) is 8.62. The topological polar surface area (TPSA) is 46.4 Å². The fraction of sp³-hybridized carbons (Fsp3) is 0.182. The minimum Gasteiger partial charge on any atom is -0.318 e. The standard InChI is InChI=1S/C22H21BrClN3O/c1-14-4-9-20(12-21(14)24)27-15(2)10-18(16(27)3)13-25-26-22(28)11-17-5-7-19(23)8-6-17/h4-10,12-13H,11H2,1-3H3,(H,26,28)/b25-13-. The zero-order valence-corrected chi connectivity index (χ0v) is 18.3. The van der Waals surface area contributed by atoms with Crippen LogP contribution in [0, 0.1) is 20.8 Å². The number of hydrogen-bond acceptors (Lipinski definition) is 2. The fourth-order valence-electron chi connectivity index (χ4n) is 3.04. The molecule has 0 atom stereocenters. The number of amides is 1. The molecule has 1 aromatic heterocycles. The molecule has 28 heavy (non-hydrogen) atoms. The Morgan fingerprint density at radius 3 is 2.54 bits per heavy atom. The summed E-state index contributed by atoms with van der Waals surface area (Å²) in [5.74, 6) is -0.155. The average Bonchev–Trinajstić information content (AvgIpc) is 2.93. The first-order chi connectivity index (χ1) is 13.3. The normalized spacial score (nSPS) is 11.2. The maximum absolute atomic E-state index is 12.1. The Morgan fingerprint density at radius 2 is 1.86 bits per heavy atom. The molecular weight excluding hydrogens is 438 g/mol. The summed E-state index contributed by atoms with van der Waals surface area (Å²) >= 11 is 9.66. The van der Waals surface area contributed by atoms with E-state index in [4.69, 9.17) is 11.6 Å². The Balaban J connectivity index is 1.71. The maximum atomic E-state index is 12.1. The van der Waals surface area contributed by atoms with Crippen molar-refractivity contribution in [1.82, 2.24) is 9.99 Å². The molecule has 4 nitrogen and oxygen atoms in total. The number of aryl methyl sites for hydroxylation is 2. The summed E-state index contributed by atoms with van der Waals surface area (Å²) in [6, 6.07) is 15.7. The lowest BCUT2D eigenvalue weighted by Gasteiger charge is -2.11. The van der Waals surface area contributed by atoms with Crippen molar-refractivity contribution in [2.45, 2.75) is 27.2 Å². The minimum absolute atomic E-state index is 0.155. The van der Waals surface area contributed by atoms with Gasteiger partial charge >= 0.3 is 0 Å². The van der Waals surface area contributed by atoms with Crippen LogP contribution in [0.4, 0.5) is 0 Å². The Kier molecular flexibility index (Phi) is 6.37. The van der Waals surface area contributed by atoms with Crippen LogP contribution < -0.4 is 5.43 Å². The summed E-state index contributed by atoms with van der Waals surface area (Å²) in [6.45, 7) is 6.03. The lowest BCUT2D eigenvalue weighted by Crippen LogP contribution is -2.19. The lowest BCUT2D eigenvalue weighted by atomic mass is 10.1. The Hall–Kier alpha value is -2.37. The molecule has 1 heterocycles. The summed E-state index contributed by atoms with van der Waals surface area (Å²) in [6.07, 6.45) is 1.96. The van der Waals surface area contributed by atoms with Crippen LogP contribution in [0.3, 0.4) is 0 Å². The Morgan fingerprint density at radius 1 is 1.14 bits per heavy atom. The van der Waals surface area contributed by atoms with Crippen LogP contribution in [0.25, 0.3) is 5.69 Å². The molecule has 0 fully saturated rings. The van der Waals surface area contributed by atoms with Crippen molar-refractivity contribution in [2.24, 2.45) is 5.10 Å². The van der Waals surface area contributed by atoms with E-state index in [0.717, 1.165) is 43.3 Å². The number of nitrogens with one attached hydrogen (secondary N) is 1. The van der Waals surface area contributed by atoms with Gasteiger partial charge in [-0.3, -0.25) is 4.79 Å². The Labute approximate surface area is 178 Å². The van der Waals surface area contributed by atoms with Crippen LogP contribution in [0.2, 0.25) is 5.02 Å². The highest BCUT2D eigenvalue weighted by Crippen LogP contribution is 2.24. The highest BCUT2D eigenvalue weighted by Gasteiger charge is 2.10. The van der Waals surface area contributed by atoms with Gasteiger partial charge < -0.3 is 4.57 Å². The molecule has 144 valence electrons. The fourth-order valence-corrected chi connectivity index (χ4v) is 3.48. The van der Waals surface area contributed by atoms with Crippen molar-refractivity contribution in [1.29, 1.82) is 0 Å². The van der Waals surface area contributed by atoms with E-state index in [1.54, 1.807) is 6.21 Å². The third kappa shape index (κ3) is 4.72. The van der Waals surface area contributed by atoms with Gasteiger partial charge in [0.25, 0.3) is 0 Å². The van der Waals surface area contributed by atoms with Gasteiger partial charge in [-0.25, -0.2) is 5.43 Å². The highest BCUT2D eigenvalue weighted by atomic mass is 79.9. The van der Waals surface area contributed by atoms with E-state index in [2.05, 4.69) is 31.0 Å². The van der Waals surface area contributed by atoms with Gasteiger partial charge in [-0.2, -0.15) is 5.10 Å². The smallest absolute Gasteiger partial charge is 0.244 e. The summed E-state index contributed by atoms with van der Waals surface area (Å²) in [7, 11) is 0. The van der Waals surface area contributed by atoms with Gasteiger partial charge in [0.1, 0.15) is 0 Å². The van der Waals surface area contributed by atoms with Crippen LogP contribution in [0.5, 0.6) is 0 Å². The molecule has 0 saturated heterocycles. The number of carbonyl (C=O) groups excluding carboxylic acids is 1. The zero-order valence-electron chi connectivity index (χ0n) is 16.0. The molecule has 2 aromatic carbocycles. The Bertz CT molecular complexity index is 1040. The zero-order chi connectivity index (χ0) is 20.3. The van der Waals surface area contributed by atoms with Crippen LogP contribution in [0.15, 0.2) is 58.1 Å².